The van der Waals surface area contributed by atoms with Crippen LogP contribution >= 0.6 is 34.9 Å². The number of aromatic nitrogens is 1. The van der Waals surface area contributed by atoms with Crippen molar-refractivity contribution in [3.63, 3.8) is 0 Å². The molecule has 0 saturated carbocycles. The van der Waals surface area contributed by atoms with Gasteiger partial charge in [-0.3, -0.25) is 14.0 Å². The van der Waals surface area contributed by atoms with E-state index in [9.17, 15) is 10.0 Å². The van der Waals surface area contributed by atoms with E-state index in [1.54, 1.807) is 16.2 Å². The van der Waals surface area contributed by atoms with Crippen LogP contribution in [0.25, 0.3) is 0 Å². The zero-order valence-corrected chi connectivity index (χ0v) is 15.7. The summed E-state index contributed by atoms with van der Waals surface area (Å²) in [5.41, 5.74) is -0.118. The first kappa shape index (κ1) is 18.6. The monoisotopic (exact) mass is 374 g/mol. The number of hydroxylamine groups is 2. The lowest BCUT2D eigenvalue weighted by atomic mass is 10.1. The minimum atomic E-state index is -0.252. The van der Waals surface area contributed by atoms with E-state index in [1.807, 2.05) is 12.2 Å². The molecule has 1 aromatic heterocycles. The van der Waals surface area contributed by atoms with Gasteiger partial charge in [-0.2, -0.15) is 0 Å². The van der Waals surface area contributed by atoms with Gasteiger partial charge in [-0.15, -0.1) is 0 Å². The fourth-order valence-electron chi connectivity index (χ4n) is 2.31. The van der Waals surface area contributed by atoms with Crippen LogP contribution in [-0.2, 0) is 6.54 Å². The van der Waals surface area contributed by atoms with Gasteiger partial charge in [0.2, 0.25) is 0 Å². The fraction of sp³-hybridized carbons (Fsp3) is 0.562. The van der Waals surface area contributed by atoms with Gasteiger partial charge in [0, 0.05) is 12.7 Å². The first-order valence-electron chi connectivity index (χ1n) is 8.02. The van der Waals surface area contributed by atoms with Crippen LogP contribution in [0.4, 0.5) is 0 Å². The van der Waals surface area contributed by atoms with E-state index in [0.29, 0.717) is 0 Å². The maximum atomic E-state index is 12.2. The van der Waals surface area contributed by atoms with Gasteiger partial charge in [-0.25, -0.2) is 5.06 Å². The second kappa shape index (κ2) is 9.57. The van der Waals surface area contributed by atoms with Crippen molar-refractivity contribution in [2.45, 2.75) is 61.6 Å². The minimum absolute atomic E-state index is 0.118. The Balaban J connectivity index is 1.89. The number of rotatable bonds is 9. The molecule has 0 bridgehead atoms. The molecule has 0 saturated heterocycles. The lowest BCUT2D eigenvalue weighted by molar-refractivity contribution is -0.0407. The molecule has 1 unspecified atom stereocenters. The summed E-state index contributed by atoms with van der Waals surface area (Å²) in [6, 6.07) is 0. The van der Waals surface area contributed by atoms with Crippen molar-refractivity contribution in [1.29, 1.82) is 0 Å². The summed E-state index contributed by atoms with van der Waals surface area (Å²) in [5, 5.41) is 10.9. The molecule has 0 radical (unpaired) electrons. The lowest BCUT2D eigenvalue weighted by Crippen LogP contribution is -2.23. The van der Waals surface area contributed by atoms with E-state index in [1.165, 1.54) is 49.0 Å². The Morgan fingerprint density at radius 1 is 1.26 bits per heavy atom. The summed E-state index contributed by atoms with van der Waals surface area (Å²) >= 11 is 8.95. The number of allylic oxidation sites excluding steroid dienone is 2. The molecule has 0 amide bonds. The van der Waals surface area contributed by atoms with Crippen LogP contribution in [0.3, 0.4) is 0 Å². The summed E-state index contributed by atoms with van der Waals surface area (Å²) in [6.07, 6.45) is 14.2. The molecule has 2 heterocycles. The Morgan fingerprint density at radius 2 is 2.00 bits per heavy atom. The van der Waals surface area contributed by atoms with Crippen LogP contribution in [0.15, 0.2) is 33.4 Å². The zero-order chi connectivity index (χ0) is 16.7. The predicted octanol–water partition coefficient (Wildman–Crippen LogP) is 5.12. The molecule has 128 valence electrons. The molecular formula is C16H23ClN2O2S2. The van der Waals surface area contributed by atoms with Crippen molar-refractivity contribution in [3.8, 4) is 0 Å². The van der Waals surface area contributed by atoms with Crippen LogP contribution in [0.5, 0.6) is 0 Å². The molecule has 0 fully saturated rings. The first-order chi connectivity index (χ1) is 11.1. The normalized spacial score (nSPS) is 17.2. The Kier molecular flexibility index (Phi) is 7.76. The Hall–Kier alpha value is -0.690. The molecule has 1 N–H and O–H groups in total. The molecule has 2 rings (SSSR count). The topological polar surface area (TPSA) is 45.5 Å². The van der Waals surface area contributed by atoms with Crippen LogP contribution in [0.1, 0.15) is 45.4 Å². The molecule has 1 aromatic rings. The smallest absolute Gasteiger partial charge is 0.280 e. The second-order valence-electron chi connectivity index (χ2n) is 5.48. The van der Waals surface area contributed by atoms with Gasteiger partial charge in [0.1, 0.15) is 14.6 Å². The maximum Gasteiger partial charge on any atom is 0.280 e. The molecule has 0 aromatic carbocycles. The average molecular weight is 375 g/mol. The van der Waals surface area contributed by atoms with E-state index in [0.717, 1.165) is 28.7 Å². The van der Waals surface area contributed by atoms with E-state index < -0.39 is 0 Å². The van der Waals surface area contributed by atoms with Crippen LogP contribution in [0, 0.1) is 0 Å². The number of halogens is 1. The van der Waals surface area contributed by atoms with Gasteiger partial charge < -0.3 is 0 Å². The van der Waals surface area contributed by atoms with Crippen molar-refractivity contribution in [2.75, 3.05) is 0 Å². The highest BCUT2D eigenvalue weighted by Gasteiger charge is 2.20. The largest absolute Gasteiger partial charge is 0.288 e. The van der Waals surface area contributed by atoms with E-state index in [2.05, 4.69) is 6.92 Å². The molecular weight excluding hydrogens is 352 g/mol. The number of nitrogens with zero attached hydrogens (tertiary/aromatic N) is 2. The molecule has 1 aliphatic rings. The lowest BCUT2D eigenvalue weighted by Gasteiger charge is -2.22. The van der Waals surface area contributed by atoms with E-state index in [-0.39, 0.29) is 16.0 Å². The van der Waals surface area contributed by atoms with Gasteiger partial charge in [0.25, 0.3) is 5.56 Å². The molecule has 23 heavy (non-hydrogen) atoms. The highest BCUT2D eigenvalue weighted by atomic mass is 35.5. The Bertz CT molecular complexity index is 610. The van der Waals surface area contributed by atoms with Crippen molar-refractivity contribution in [3.05, 3.63) is 39.8 Å². The highest BCUT2D eigenvalue weighted by Crippen LogP contribution is 2.35. The third kappa shape index (κ3) is 5.41. The van der Waals surface area contributed by atoms with Gasteiger partial charge in [0.05, 0.1) is 0 Å². The number of aryl methyl sites for hydroxylation is 1. The number of hydrogen-bond acceptors (Lipinski definition) is 5. The fourth-order valence-corrected chi connectivity index (χ4v) is 4.95. The summed E-state index contributed by atoms with van der Waals surface area (Å²) in [6.45, 7) is 2.93. The van der Waals surface area contributed by atoms with Crippen molar-refractivity contribution < 1.29 is 5.21 Å². The van der Waals surface area contributed by atoms with Crippen molar-refractivity contribution in [2.24, 2.45) is 0 Å². The zero-order valence-electron chi connectivity index (χ0n) is 13.3. The van der Waals surface area contributed by atoms with Gasteiger partial charge in [0.15, 0.2) is 0 Å². The predicted molar refractivity (Wildman–Crippen MR) is 98.5 cm³/mol. The van der Waals surface area contributed by atoms with Crippen molar-refractivity contribution in [1.82, 2.24) is 9.02 Å². The van der Waals surface area contributed by atoms with Crippen LogP contribution in [0.2, 0.25) is 5.02 Å². The molecule has 1 atom stereocenters. The van der Waals surface area contributed by atoms with E-state index in [4.69, 9.17) is 11.6 Å². The second-order valence-corrected chi connectivity index (χ2v) is 8.28. The molecule has 0 spiro atoms. The van der Waals surface area contributed by atoms with Gasteiger partial charge >= 0.3 is 0 Å². The molecule has 0 aliphatic carbocycles. The Labute approximate surface area is 150 Å². The third-order valence-corrected chi connectivity index (χ3v) is 6.67. The maximum absolute atomic E-state index is 12.2. The quantitative estimate of drug-likeness (QED) is 0.609. The summed E-state index contributed by atoms with van der Waals surface area (Å²) in [5.74, 6) is 0. The Morgan fingerprint density at radius 3 is 2.74 bits per heavy atom. The summed E-state index contributed by atoms with van der Waals surface area (Å²) in [7, 11) is 0. The van der Waals surface area contributed by atoms with Crippen LogP contribution in [-0.4, -0.2) is 19.6 Å². The van der Waals surface area contributed by atoms with Gasteiger partial charge in [-0.1, -0.05) is 68.5 Å². The van der Waals surface area contributed by atoms with Crippen LogP contribution < -0.4 is 5.56 Å². The first-order valence-corrected chi connectivity index (χ1v) is 10.0. The SMILES string of the molecule is CCCCCCCCn1sc(SC2C=CC=CN2O)c(Cl)c1=O. The number of hydrogen-bond donors (Lipinski definition) is 1. The molecule has 7 heteroatoms. The third-order valence-electron chi connectivity index (χ3n) is 3.62. The standard InChI is InChI=1S/C16H23ClN2O2S2/c1-2-3-4-5-6-8-12-19-15(20)14(17)16(23-19)22-13-10-7-9-11-18(13)21/h7,9-11,13,21H,2-6,8,12H2,1H3. The summed E-state index contributed by atoms with van der Waals surface area (Å²) in [4.78, 5) is 12.2. The number of unbranched alkanes of at least 4 members (excludes halogenated alkanes) is 5. The van der Waals surface area contributed by atoms with Gasteiger partial charge in [-0.05, 0) is 30.1 Å². The number of thioether (sulfide) groups is 1. The molecule has 1 aliphatic heterocycles. The minimum Gasteiger partial charge on any atom is -0.288 e. The van der Waals surface area contributed by atoms with Crippen molar-refractivity contribution >= 4 is 34.9 Å². The van der Waals surface area contributed by atoms with E-state index >= 15 is 0 Å². The average Bonchev–Trinajstić information content (AvgIpc) is 2.81. The molecule has 4 nitrogen and oxygen atoms in total. The summed E-state index contributed by atoms with van der Waals surface area (Å²) < 4.78 is 2.49. The highest BCUT2D eigenvalue weighted by molar-refractivity contribution is 8.01.